The molecule has 122 valence electrons. The molecule has 0 aliphatic rings. The number of halogens is 1. The zero-order valence-electron chi connectivity index (χ0n) is 12.8. The van der Waals surface area contributed by atoms with Gasteiger partial charge in [0.05, 0.1) is 5.25 Å². The van der Waals surface area contributed by atoms with E-state index < -0.39 is 5.25 Å². The summed E-state index contributed by atoms with van der Waals surface area (Å²) in [5, 5.41) is 10.5. The number of carbonyl (C=O) groups is 1. The van der Waals surface area contributed by atoms with E-state index in [0.29, 0.717) is 5.56 Å². The van der Waals surface area contributed by atoms with Crippen LogP contribution < -0.4 is 5.32 Å². The number of hydrogen-bond donors (Lipinski definition) is 1. The third kappa shape index (κ3) is 3.99. The molecule has 1 N–H and O–H groups in total. The van der Waals surface area contributed by atoms with Crippen molar-refractivity contribution < 1.29 is 13.6 Å². The molecule has 1 unspecified atom stereocenters. The fraction of sp³-hybridized carbons (Fsp3) is 0.118. The van der Waals surface area contributed by atoms with Crippen LogP contribution in [0.1, 0.15) is 6.92 Å². The van der Waals surface area contributed by atoms with Crippen molar-refractivity contribution >= 4 is 23.4 Å². The van der Waals surface area contributed by atoms with E-state index in [-0.39, 0.29) is 22.8 Å². The van der Waals surface area contributed by atoms with Crippen LogP contribution in [-0.4, -0.2) is 21.4 Å². The molecule has 1 aromatic heterocycles. The molecule has 0 radical (unpaired) electrons. The van der Waals surface area contributed by atoms with Gasteiger partial charge in [-0.2, -0.15) is 0 Å². The number of thioether (sulfide) groups is 1. The first kappa shape index (κ1) is 16.2. The van der Waals surface area contributed by atoms with Gasteiger partial charge in [-0.05, 0) is 43.3 Å². The van der Waals surface area contributed by atoms with Gasteiger partial charge in [-0.25, -0.2) is 4.39 Å². The lowest BCUT2D eigenvalue weighted by molar-refractivity contribution is -0.115. The molecule has 0 aliphatic heterocycles. The van der Waals surface area contributed by atoms with Crippen molar-refractivity contribution in [3.8, 4) is 11.5 Å². The number of nitrogens with zero attached hydrogens (tertiary/aromatic N) is 2. The number of carbonyl (C=O) groups excluding carboxylic acids is 1. The molecule has 0 saturated carbocycles. The van der Waals surface area contributed by atoms with Crippen molar-refractivity contribution in [2.24, 2.45) is 0 Å². The molecule has 0 bridgehead atoms. The first-order chi connectivity index (χ1) is 11.6. The van der Waals surface area contributed by atoms with E-state index in [1.54, 1.807) is 19.1 Å². The van der Waals surface area contributed by atoms with Crippen LogP contribution >= 0.6 is 11.8 Å². The highest BCUT2D eigenvalue weighted by atomic mass is 32.2. The van der Waals surface area contributed by atoms with E-state index in [1.807, 2.05) is 30.3 Å². The number of aromatic nitrogens is 2. The van der Waals surface area contributed by atoms with E-state index >= 15 is 0 Å². The number of nitrogens with one attached hydrogen (secondary N) is 1. The van der Waals surface area contributed by atoms with Gasteiger partial charge in [-0.1, -0.05) is 30.0 Å². The summed E-state index contributed by atoms with van der Waals surface area (Å²) in [5.41, 5.74) is 1.35. The Balaban J connectivity index is 1.63. The SMILES string of the molecule is CC(Sc1nnc(-c2ccc(F)cc2)o1)C(=O)Nc1ccccc1. The van der Waals surface area contributed by atoms with Crippen molar-refractivity contribution in [2.75, 3.05) is 5.32 Å². The summed E-state index contributed by atoms with van der Waals surface area (Å²) in [6.07, 6.45) is 0. The van der Waals surface area contributed by atoms with Gasteiger partial charge in [-0.3, -0.25) is 4.79 Å². The Hall–Kier alpha value is -2.67. The number of benzene rings is 2. The lowest BCUT2D eigenvalue weighted by atomic mass is 10.2. The molecule has 2 aromatic carbocycles. The predicted molar refractivity (Wildman–Crippen MR) is 90.1 cm³/mol. The van der Waals surface area contributed by atoms with Crippen molar-refractivity contribution in [3.63, 3.8) is 0 Å². The third-order valence-corrected chi connectivity index (χ3v) is 4.12. The number of para-hydroxylation sites is 1. The van der Waals surface area contributed by atoms with Crippen LogP contribution in [0.25, 0.3) is 11.5 Å². The summed E-state index contributed by atoms with van der Waals surface area (Å²) in [4.78, 5) is 12.2. The molecule has 24 heavy (non-hydrogen) atoms. The van der Waals surface area contributed by atoms with E-state index in [4.69, 9.17) is 4.42 Å². The lowest BCUT2D eigenvalue weighted by Gasteiger charge is -2.09. The van der Waals surface area contributed by atoms with Crippen LogP contribution in [0, 0.1) is 5.82 Å². The fourth-order valence-electron chi connectivity index (χ4n) is 1.94. The molecule has 7 heteroatoms. The van der Waals surface area contributed by atoms with Gasteiger partial charge < -0.3 is 9.73 Å². The molecule has 0 spiro atoms. The molecule has 0 fully saturated rings. The van der Waals surface area contributed by atoms with Gasteiger partial charge in [0.25, 0.3) is 5.22 Å². The normalized spacial score (nSPS) is 11.9. The Kier molecular flexibility index (Phi) is 4.90. The zero-order valence-corrected chi connectivity index (χ0v) is 13.6. The highest BCUT2D eigenvalue weighted by Crippen LogP contribution is 2.26. The van der Waals surface area contributed by atoms with Crippen LogP contribution in [-0.2, 0) is 4.79 Å². The Morgan fingerprint density at radius 1 is 1.12 bits per heavy atom. The van der Waals surface area contributed by atoms with E-state index in [0.717, 1.165) is 17.4 Å². The average Bonchev–Trinajstić information content (AvgIpc) is 3.05. The fourth-order valence-corrected chi connectivity index (χ4v) is 2.62. The summed E-state index contributed by atoms with van der Waals surface area (Å²) >= 11 is 1.16. The van der Waals surface area contributed by atoms with Gasteiger partial charge in [0.15, 0.2) is 0 Å². The van der Waals surface area contributed by atoms with Crippen molar-refractivity contribution in [3.05, 3.63) is 60.4 Å². The van der Waals surface area contributed by atoms with Gasteiger partial charge >= 0.3 is 0 Å². The van der Waals surface area contributed by atoms with Crippen LogP contribution in [0.4, 0.5) is 10.1 Å². The second-order valence-corrected chi connectivity index (χ2v) is 6.29. The molecule has 3 aromatic rings. The van der Waals surface area contributed by atoms with Gasteiger partial charge in [-0.15, -0.1) is 10.2 Å². The number of rotatable bonds is 5. The average molecular weight is 343 g/mol. The maximum absolute atomic E-state index is 12.9. The Morgan fingerprint density at radius 2 is 1.83 bits per heavy atom. The minimum absolute atomic E-state index is 0.160. The molecular weight excluding hydrogens is 329 g/mol. The van der Waals surface area contributed by atoms with Crippen LogP contribution in [0.3, 0.4) is 0 Å². The lowest BCUT2D eigenvalue weighted by Crippen LogP contribution is -2.22. The largest absolute Gasteiger partial charge is 0.411 e. The quantitative estimate of drug-likeness (QED) is 0.709. The van der Waals surface area contributed by atoms with Crippen molar-refractivity contribution in [1.29, 1.82) is 0 Å². The molecule has 1 atom stereocenters. The van der Waals surface area contributed by atoms with E-state index in [2.05, 4.69) is 15.5 Å². The van der Waals surface area contributed by atoms with Gasteiger partial charge in [0, 0.05) is 11.3 Å². The molecule has 1 amide bonds. The monoisotopic (exact) mass is 343 g/mol. The van der Waals surface area contributed by atoms with Crippen molar-refractivity contribution in [1.82, 2.24) is 10.2 Å². The predicted octanol–water partition coefficient (Wildman–Crippen LogP) is 4.00. The minimum atomic E-state index is -0.410. The molecule has 3 rings (SSSR count). The standard InChI is InChI=1S/C17H14FN3O2S/c1-11(15(22)19-14-5-3-2-4-6-14)24-17-21-20-16(23-17)12-7-9-13(18)10-8-12/h2-11H,1H3,(H,19,22). The summed E-state index contributed by atoms with van der Waals surface area (Å²) < 4.78 is 18.5. The second-order valence-electron chi connectivity index (χ2n) is 5.00. The number of anilines is 1. The minimum Gasteiger partial charge on any atom is -0.411 e. The first-order valence-corrected chi connectivity index (χ1v) is 8.12. The summed E-state index contributed by atoms with van der Waals surface area (Å²) in [6.45, 7) is 1.75. The van der Waals surface area contributed by atoms with E-state index in [1.165, 1.54) is 12.1 Å². The highest BCUT2D eigenvalue weighted by molar-refractivity contribution is 8.00. The second kappa shape index (κ2) is 7.27. The molecular formula is C17H14FN3O2S. The van der Waals surface area contributed by atoms with Crippen molar-refractivity contribution in [2.45, 2.75) is 17.4 Å². The Labute approximate surface area is 142 Å². The third-order valence-electron chi connectivity index (χ3n) is 3.19. The van der Waals surface area contributed by atoms with Crippen LogP contribution in [0.5, 0.6) is 0 Å². The highest BCUT2D eigenvalue weighted by Gasteiger charge is 2.19. The topological polar surface area (TPSA) is 68.0 Å². The number of amides is 1. The number of hydrogen-bond acceptors (Lipinski definition) is 5. The zero-order chi connectivity index (χ0) is 16.9. The maximum Gasteiger partial charge on any atom is 0.277 e. The molecule has 5 nitrogen and oxygen atoms in total. The van der Waals surface area contributed by atoms with Gasteiger partial charge in [0.1, 0.15) is 5.82 Å². The van der Waals surface area contributed by atoms with Crippen LogP contribution in [0.15, 0.2) is 64.2 Å². The van der Waals surface area contributed by atoms with Gasteiger partial charge in [0.2, 0.25) is 11.8 Å². The van der Waals surface area contributed by atoms with E-state index in [9.17, 15) is 9.18 Å². The summed E-state index contributed by atoms with van der Waals surface area (Å²) in [7, 11) is 0. The molecule has 1 heterocycles. The first-order valence-electron chi connectivity index (χ1n) is 7.24. The maximum atomic E-state index is 12.9. The molecule has 0 aliphatic carbocycles. The van der Waals surface area contributed by atoms with Crippen LogP contribution in [0.2, 0.25) is 0 Å². The Morgan fingerprint density at radius 3 is 2.54 bits per heavy atom. The molecule has 0 saturated heterocycles. The smallest absolute Gasteiger partial charge is 0.277 e. The summed E-state index contributed by atoms with van der Waals surface area (Å²) in [5.74, 6) is -0.208. The Bertz CT molecular complexity index is 821. The summed E-state index contributed by atoms with van der Waals surface area (Å²) in [6, 6.07) is 15.0.